The molecule has 0 unspecified atom stereocenters. The highest BCUT2D eigenvalue weighted by atomic mass is 35.5. The zero-order chi connectivity index (χ0) is 13.3. The molecule has 1 aromatic carbocycles. The Morgan fingerprint density at radius 1 is 1.17 bits per heavy atom. The Kier molecular flexibility index (Phi) is 4.17. The number of halogens is 3. The van der Waals surface area contributed by atoms with Gasteiger partial charge in [-0.3, -0.25) is 4.79 Å². The fourth-order valence-corrected chi connectivity index (χ4v) is 3.22. The molecule has 0 aliphatic heterocycles. The van der Waals surface area contributed by atoms with Crippen LogP contribution in [0.25, 0.3) is 0 Å². The third-order valence-electron chi connectivity index (χ3n) is 2.27. The van der Waals surface area contributed by atoms with Crippen molar-refractivity contribution in [3.8, 4) is 5.75 Å². The Hall–Kier alpha value is -0.740. The number of rotatable bonds is 3. The molecule has 0 aliphatic carbocycles. The lowest BCUT2D eigenvalue weighted by atomic mass is 10.1. The van der Waals surface area contributed by atoms with Crippen LogP contribution in [0.1, 0.15) is 15.2 Å². The van der Waals surface area contributed by atoms with E-state index in [9.17, 15) is 4.79 Å². The van der Waals surface area contributed by atoms with Gasteiger partial charge >= 0.3 is 0 Å². The molecule has 94 valence electrons. The zero-order valence-electron chi connectivity index (χ0n) is 9.17. The third-order valence-corrected chi connectivity index (χ3v) is 3.99. The van der Waals surface area contributed by atoms with E-state index >= 15 is 0 Å². The highest BCUT2D eigenvalue weighted by Gasteiger charge is 2.19. The first-order chi connectivity index (χ1) is 8.52. The number of hydrogen-bond donors (Lipinski definition) is 0. The van der Waals surface area contributed by atoms with Crippen LogP contribution in [0.2, 0.25) is 15.1 Å². The van der Waals surface area contributed by atoms with Gasteiger partial charge in [-0.05, 0) is 12.1 Å². The van der Waals surface area contributed by atoms with Crippen LogP contribution in [0.5, 0.6) is 5.75 Å². The van der Waals surface area contributed by atoms with Gasteiger partial charge in [-0.25, -0.2) is 0 Å². The van der Waals surface area contributed by atoms with Crippen LogP contribution in [0.15, 0.2) is 23.6 Å². The molecule has 0 bridgehead atoms. The minimum absolute atomic E-state index is 0.241. The van der Waals surface area contributed by atoms with Gasteiger partial charge in [-0.2, -0.15) is 0 Å². The van der Waals surface area contributed by atoms with Crippen LogP contribution in [0.4, 0.5) is 0 Å². The fraction of sp³-hybridized carbons (Fsp3) is 0.0833. The molecular weight excluding hydrogens is 315 g/mol. The number of hydrogen-bond acceptors (Lipinski definition) is 3. The second kappa shape index (κ2) is 5.49. The van der Waals surface area contributed by atoms with Crippen molar-refractivity contribution in [2.24, 2.45) is 0 Å². The first kappa shape index (κ1) is 13.7. The predicted molar refractivity (Wildman–Crippen MR) is 75.8 cm³/mol. The van der Waals surface area contributed by atoms with Gasteiger partial charge < -0.3 is 4.74 Å². The second-order valence-electron chi connectivity index (χ2n) is 3.42. The van der Waals surface area contributed by atoms with Crippen LogP contribution in [0.3, 0.4) is 0 Å². The quantitative estimate of drug-likeness (QED) is 0.748. The predicted octanol–water partition coefficient (Wildman–Crippen LogP) is 4.95. The van der Waals surface area contributed by atoms with Gasteiger partial charge in [0.2, 0.25) is 5.78 Å². The number of benzene rings is 1. The molecule has 0 fully saturated rings. The van der Waals surface area contributed by atoms with Crippen molar-refractivity contribution >= 4 is 51.9 Å². The maximum absolute atomic E-state index is 12.3. The minimum Gasteiger partial charge on any atom is -0.496 e. The summed E-state index contributed by atoms with van der Waals surface area (Å²) in [6.07, 6.45) is 0. The SMILES string of the molecule is COc1csc(C(=O)c2c(Cl)cc(Cl)cc2Cl)c1. The summed E-state index contributed by atoms with van der Waals surface area (Å²) < 4.78 is 5.03. The van der Waals surface area contributed by atoms with Gasteiger partial charge in [-0.15, -0.1) is 11.3 Å². The summed E-state index contributed by atoms with van der Waals surface area (Å²) in [5.41, 5.74) is 0.257. The second-order valence-corrected chi connectivity index (χ2v) is 5.59. The van der Waals surface area contributed by atoms with E-state index in [1.54, 1.807) is 18.6 Å². The standard InChI is InChI=1S/C12H7Cl3O2S/c1-17-7-4-10(18-5-7)12(16)11-8(14)2-6(13)3-9(11)15/h2-5H,1H3. The molecule has 2 aromatic rings. The van der Waals surface area contributed by atoms with Crippen molar-refractivity contribution in [2.75, 3.05) is 7.11 Å². The number of methoxy groups -OCH3 is 1. The topological polar surface area (TPSA) is 26.3 Å². The Morgan fingerprint density at radius 2 is 1.78 bits per heavy atom. The first-order valence-corrected chi connectivity index (χ1v) is 6.86. The van der Waals surface area contributed by atoms with Crippen LogP contribution in [0, 0.1) is 0 Å². The van der Waals surface area contributed by atoms with Crippen LogP contribution in [-0.4, -0.2) is 12.9 Å². The Balaban J connectivity index is 2.46. The average molecular weight is 322 g/mol. The fourth-order valence-electron chi connectivity index (χ4n) is 1.43. The lowest BCUT2D eigenvalue weighted by molar-refractivity contribution is 0.104. The first-order valence-electron chi connectivity index (χ1n) is 4.84. The van der Waals surface area contributed by atoms with Gasteiger partial charge in [0.1, 0.15) is 5.75 Å². The van der Waals surface area contributed by atoms with Crippen molar-refractivity contribution in [1.82, 2.24) is 0 Å². The number of ether oxygens (including phenoxy) is 1. The van der Waals surface area contributed by atoms with E-state index in [-0.39, 0.29) is 21.4 Å². The Labute approximate surface area is 123 Å². The lowest BCUT2D eigenvalue weighted by Crippen LogP contribution is -2.01. The molecule has 0 atom stereocenters. The van der Waals surface area contributed by atoms with E-state index in [4.69, 9.17) is 39.5 Å². The summed E-state index contributed by atoms with van der Waals surface area (Å²) in [5.74, 6) is 0.388. The molecule has 0 N–H and O–H groups in total. The Bertz CT molecular complexity index is 584. The maximum atomic E-state index is 12.3. The number of carbonyl (C=O) groups excluding carboxylic acids is 1. The summed E-state index contributed by atoms with van der Waals surface area (Å²) in [4.78, 5) is 12.8. The summed E-state index contributed by atoms with van der Waals surface area (Å²) >= 11 is 19.1. The van der Waals surface area contributed by atoms with E-state index < -0.39 is 0 Å². The maximum Gasteiger partial charge on any atom is 0.206 e. The normalized spacial score (nSPS) is 10.4. The molecule has 18 heavy (non-hydrogen) atoms. The van der Waals surface area contributed by atoms with Crippen LogP contribution >= 0.6 is 46.1 Å². The Morgan fingerprint density at radius 3 is 2.28 bits per heavy atom. The lowest BCUT2D eigenvalue weighted by Gasteiger charge is -2.05. The van der Waals surface area contributed by atoms with Crippen LogP contribution < -0.4 is 4.74 Å². The summed E-state index contributed by atoms with van der Waals surface area (Å²) in [5, 5.41) is 2.62. The van der Waals surface area contributed by atoms with Crippen molar-refractivity contribution in [1.29, 1.82) is 0 Å². The molecule has 0 saturated carbocycles. The van der Waals surface area contributed by atoms with E-state index in [0.717, 1.165) is 0 Å². The van der Waals surface area contributed by atoms with Gasteiger partial charge in [0, 0.05) is 16.5 Å². The average Bonchev–Trinajstić information content (AvgIpc) is 2.75. The van der Waals surface area contributed by atoms with E-state index in [0.29, 0.717) is 15.6 Å². The van der Waals surface area contributed by atoms with Crippen molar-refractivity contribution in [3.63, 3.8) is 0 Å². The smallest absolute Gasteiger partial charge is 0.206 e. The number of ketones is 1. The molecule has 1 aromatic heterocycles. The number of thiophene rings is 1. The van der Waals surface area contributed by atoms with Gasteiger partial charge in [-0.1, -0.05) is 34.8 Å². The molecule has 0 radical (unpaired) electrons. The zero-order valence-corrected chi connectivity index (χ0v) is 12.3. The monoisotopic (exact) mass is 320 g/mol. The third kappa shape index (κ3) is 2.64. The molecule has 6 heteroatoms. The highest BCUT2D eigenvalue weighted by molar-refractivity contribution is 7.12. The van der Waals surface area contributed by atoms with E-state index in [1.807, 2.05) is 0 Å². The van der Waals surface area contributed by atoms with Crippen molar-refractivity contribution in [3.05, 3.63) is 49.1 Å². The van der Waals surface area contributed by atoms with Crippen LogP contribution in [-0.2, 0) is 0 Å². The molecule has 2 nitrogen and oxygen atoms in total. The largest absolute Gasteiger partial charge is 0.496 e. The molecular formula is C12H7Cl3O2S. The van der Waals surface area contributed by atoms with Gasteiger partial charge in [0.25, 0.3) is 0 Å². The molecule has 0 amide bonds. The number of carbonyl (C=O) groups is 1. The summed E-state index contributed by atoms with van der Waals surface area (Å²) in [7, 11) is 1.54. The summed E-state index contributed by atoms with van der Waals surface area (Å²) in [6.45, 7) is 0. The minimum atomic E-state index is -0.241. The molecule has 0 spiro atoms. The summed E-state index contributed by atoms with van der Waals surface area (Å²) in [6, 6.07) is 4.63. The molecule has 0 aliphatic rings. The molecule has 2 rings (SSSR count). The van der Waals surface area contributed by atoms with Crippen molar-refractivity contribution < 1.29 is 9.53 Å². The van der Waals surface area contributed by atoms with E-state index in [1.165, 1.54) is 23.5 Å². The van der Waals surface area contributed by atoms with Crippen molar-refractivity contribution in [2.45, 2.75) is 0 Å². The molecule has 0 saturated heterocycles. The van der Waals surface area contributed by atoms with Gasteiger partial charge in [0.15, 0.2) is 0 Å². The van der Waals surface area contributed by atoms with E-state index in [2.05, 4.69) is 0 Å². The molecule has 1 heterocycles. The highest BCUT2D eigenvalue weighted by Crippen LogP contribution is 2.33. The van der Waals surface area contributed by atoms with Gasteiger partial charge in [0.05, 0.1) is 27.6 Å².